The summed E-state index contributed by atoms with van der Waals surface area (Å²) in [5, 5.41) is 0. The second-order valence-corrected chi connectivity index (χ2v) is 2.30. The van der Waals surface area contributed by atoms with Crippen LogP contribution in [0, 0.1) is 0 Å². The summed E-state index contributed by atoms with van der Waals surface area (Å²) in [5.74, 6) is -0.00764. The molecule has 1 aromatic rings. The van der Waals surface area contributed by atoms with Gasteiger partial charge in [-0.2, -0.15) is 0 Å². The summed E-state index contributed by atoms with van der Waals surface area (Å²) in [6.07, 6.45) is 0. The molecule has 0 aliphatic rings. The van der Waals surface area contributed by atoms with Gasteiger partial charge in [-0.1, -0.05) is 18.2 Å². The zero-order valence-electron chi connectivity index (χ0n) is 6.16. The third-order valence-corrected chi connectivity index (χ3v) is 1.42. The zero-order chi connectivity index (χ0) is 8.10. The summed E-state index contributed by atoms with van der Waals surface area (Å²) in [6.45, 7) is 0. The maximum atomic E-state index is 5.56. The van der Waals surface area contributed by atoms with E-state index in [1.807, 2.05) is 30.3 Å². The van der Waals surface area contributed by atoms with Crippen LogP contribution in [-0.2, 0) is 4.74 Å². The largest absolute Gasteiger partial charge is 0.451 e. The minimum atomic E-state index is -0.711. The fourth-order valence-electron chi connectivity index (χ4n) is 0.654. The lowest BCUT2D eigenvalue weighted by Crippen LogP contribution is -2.10. The van der Waals surface area contributed by atoms with E-state index in [0.29, 0.717) is 5.75 Å². The number of hydrogen-bond donors (Lipinski definition) is 0. The van der Waals surface area contributed by atoms with E-state index in [1.165, 1.54) is 7.11 Å². The summed E-state index contributed by atoms with van der Waals surface area (Å²) in [6, 6.07) is 9.27. The van der Waals surface area contributed by atoms with Crippen LogP contribution in [0.3, 0.4) is 0 Å². The van der Waals surface area contributed by atoms with Crippen molar-refractivity contribution < 1.29 is 9.47 Å². The average molecular weight is 173 g/mol. The number of rotatable bonds is 3. The Bertz CT molecular complexity index is 201. The van der Waals surface area contributed by atoms with Crippen LogP contribution in [-0.4, -0.2) is 12.9 Å². The Morgan fingerprint density at radius 3 is 2.45 bits per heavy atom. The van der Waals surface area contributed by atoms with Crippen molar-refractivity contribution in [1.82, 2.24) is 0 Å². The van der Waals surface area contributed by atoms with Crippen molar-refractivity contribution in [2.24, 2.45) is 0 Å². The summed E-state index contributed by atoms with van der Waals surface area (Å²) in [7, 11) is 1.49. The van der Waals surface area contributed by atoms with Gasteiger partial charge in [-0.15, -0.1) is 0 Å². The van der Waals surface area contributed by atoms with Gasteiger partial charge in [0.05, 0.1) is 0 Å². The van der Waals surface area contributed by atoms with E-state index in [2.05, 4.69) is 0 Å². The van der Waals surface area contributed by atoms with Gasteiger partial charge in [-0.25, -0.2) is 0 Å². The molecular formula is C8H9ClO2. The molecule has 0 saturated carbocycles. The van der Waals surface area contributed by atoms with Gasteiger partial charge in [0.15, 0.2) is 0 Å². The molecule has 0 aliphatic carbocycles. The van der Waals surface area contributed by atoms with E-state index in [9.17, 15) is 0 Å². The highest BCUT2D eigenvalue weighted by molar-refractivity contribution is 6.18. The van der Waals surface area contributed by atoms with Gasteiger partial charge in [0, 0.05) is 7.11 Å². The second kappa shape index (κ2) is 4.21. The zero-order valence-corrected chi connectivity index (χ0v) is 6.91. The number of halogens is 1. The first-order valence-corrected chi connectivity index (χ1v) is 3.65. The summed E-state index contributed by atoms with van der Waals surface area (Å²) < 4.78 is 9.80. The van der Waals surface area contributed by atoms with Gasteiger partial charge in [-0.3, -0.25) is 0 Å². The van der Waals surface area contributed by atoms with Crippen molar-refractivity contribution in [3.8, 4) is 5.75 Å². The third kappa shape index (κ3) is 2.78. The van der Waals surface area contributed by atoms with Crippen molar-refractivity contribution in [3.63, 3.8) is 0 Å². The van der Waals surface area contributed by atoms with Crippen molar-refractivity contribution in [2.75, 3.05) is 7.11 Å². The first-order valence-electron chi connectivity index (χ1n) is 3.21. The highest BCUT2D eigenvalue weighted by Crippen LogP contribution is 2.12. The van der Waals surface area contributed by atoms with E-state index in [4.69, 9.17) is 21.1 Å². The molecule has 0 saturated heterocycles. The standard InChI is InChI=1S/C8H9ClO2/c1-10-8(9)11-7-5-3-2-4-6-7/h2-6,8H,1H3. The van der Waals surface area contributed by atoms with Crippen LogP contribution in [0.4, 0.5) is 0 Å². The Balaban J connectivity index is 2.51. The molecule has 0 amide bonds. The predicted molar refractivity (Wildman–Crippen MR) is 43.7 cm³/mol. The number of alkyl halides is 1. The van der Waals surface area contributed by atoms with E-state index in [1.54, 1.807) is 0 Å². The van der Waals surface area contributed by atoms with E-state index in [-0.39, 0.29) is 0 Å². The molecule has 0 radical (unpaired) electrons. The maximum absolute atomic E-state index is 5.56. The molecule has 0 aromatic heterocycles. The second-order valence-electron chi connectivity index (χ2n) is 1.94. The van der Waals surface area contributed by atoms with E-state index >= 15 is 0 Å². The SMILES string of the molecule is COC(Cl)Oc1ccccc1. The number of benzene rings is 1. The van der Waals surface area contributed by atoms with Gasteiger partial charge < -0.3 is 9.47 Å². The lowest BCUT2D eigenvalue weighted by molar-refractivity contribution is 0.0119. The van der Waals surface area contributed by atoms with Gasteiger partial charge in [-0.05, 0) is 23.7 Å². The van der Waals surface area contributed by atoms with Gasteiger partial charge in [0.25, 0.3) is 5.75 Å². The Labute approximate surface area is 70.7 Å². The van der Waals surface area contributed by atoms with E-state index < -0.39 is 5.75 Å². The molecule has 60 valence electrons. The molecule has 0 spiro atoms. The quantitative estimate of drug-likeness (QED) is 0.514. The first-order chi connectivity index (χ1) is 5.33. The van der Waals surface area contributed by atoms with Crippen LogP contribution in [0.1, 0.15) is 0 Å². The summed E-state index contributed by atoms with van der Waals surface area (Å²) in [4.78, 5) is 0. The maximum Gasteiger partial charge on any atom is 0.279 e. The smallest absolute Gasteiger partial charge is 0.279 e. The Morgan fingerprint density at radius 1 is 1.27 bits per heavy atom. The molecule has 3 heteroatoms. The molecule has 0 aliphatic heterocycles. The molecule has 1 unspecified atom stereocenters. The Hall–Kier alpha value is -0.730. The number of ether oxygens (including phenoxy) is 2. The highest BCUT2D eigenvalue weighted by Gasteiger charge is 2.00. The minimum absolute atomic E-state index is 0.703. The Kier molecular flexibility index (Phi) is 3.20. The number of methoxy groups -OCH3 is 1. The molecule has 1 rings (SSSR count). The number of hydrogen-bond acceptors (Lipinski definition) is 2. The van der Waals surface area contributed by atoms with E-state index in [0.717, 1.165) is 0 Å². The van der Waals surface area contributed by atoms with Crippen molar-refractivity contribution in [3.05, 3.63) is 30.3 Å². The van der Waals surface area contributed by atoms with Crippen molar-refractivity contribution in [2.45, 2.75) is 5.75 Å². The number of para-hydroxylation sites is 1. The molecule has 1 atom stereocenters. The average Bonchev–Trinajstić information content (AvgIpc) is 2.06. The van der Waals surface area contributed by atoms with Crippen LogP contribution in [0.2, 0.25) is 0 Å². The highest BCUT2D eigenvalue weighted by atomic mass is 35.5. The lowest BCUT2D eigenvalue weighted by Gasteiger charge is -2.09. The minimum Gasteiger partial charge on any atom is -0.451 e. The summed E-state index contributed by atoms with van der Waals surface area (Å²) >= 11 is 5.56. The molecule has 1 aromatic carbocycles. The predicted octanol–water partition coefficient (Wildman–Crippen LogP) is 2.23. The molecule has 0 heterocycles. The van der Waals surface area contributed by atoms with Crippen LogP contribution in [0.15, 0.2) is 30.3 Å². The van der Waals surface area contributed by atoms with Crippen LogP contribution < -0.4 is 4.74 Å². The fourth-order valence-corrected chi connectivity index (χ4v) is 0.757. The molecule has 0 bridgehead atoms. The fraction of sp³-hybridized carbons (Fsp3) is 0.250. The van der Waals surface area contributed by atoms with Gasteiger partial charge in [0.2, 0.25) is 0 Å². The van der Waals surface area contributed by atoms with Crippen LogP contribution in [0.25, 0.3) is 0 Å². The van der Waals surface area contributed by atoms with Crippen molar-refractivity contribution >= 4 is 11.6 Å². The van der Waals surface area contributed by atoms with Crippen molar-refractivity contribution in [1.29, 1.82) is 0 Å². The molecular weight excluding hydrogens is 164 g/mol. The monoisotopic (exact) mass is 172 g/mol. The lowest BCUT2D eigenvalue weighted by atomic mass is 10.3. The molecule has 0 N–H and O–H groups in total. The molecule has 11 heavy (non-hydrogen) atoms. The first kappa shape index (κ1) is 8.37. The van der Waals surface area contributed by atoms with Crippen LogP contribution >= 0.6 is 11.6 Å². The summed E-state index contributed by atoms with van der Waals surface area (Å²) in [5.41, 5.74) is 0. The normalized spacial score (nSPS) is 12.5. The van der Waals surface area contributed by atoms with Gasteiger partial charge >= 0.3 is 0 Å². The Morgan fingerprint density at radius 2 is 1.91 bits per heavy atom. The van der Waals surface area contributed by atoms with Gasteiger partial charge in [0.1, 0.15) is 5.75 Å². The topological polar surface area (TPSA) is 18.5 Å². The molecule has 2 nitrogen and oxygen atoms in total. The van der Waals surface area contributed by atoms with Crippen LogP contribution in [0.5, 0.6) is 5.75 Å². The molecule has 0 fully saturated rings. The third-order valence-electron chi connectivity index (χ3n) is 1.16.